The highest BCUT2D eigenvalue weighted by Gasteiger charge is 2.25. The molecule has 9 heteroatoms. The molecule has 2 heterocycles. The van der Waals surface area contributed by atoms with Gasteiger partial charge in [0.05, 0.1) is 11.3 Å². The highest BCUT2D eigenvalue weighted by atomic mass is 16.3. The van der Waals surface area contributed by atoms with Crippen molar-refractivity contribution in [3.63, 3.8) is 0 Å². The molecule has 0 saturated carbocycles. The van der Waals surface area contributed by atoms with Crippen LogP contribution in [0, 0.1) is 0 Å². The molecule has 1 saturated heterocycles. The third kappa shape index (κ3) is 6.85. The van der Waals surface area contributed by atoms with E-state index < -0.39 is 5.91 Å². The van der Waals surface area contributed by atoms with Crippen molar-refractivity contribution in [2.45, 2.75) is 38.6 Å². The van der Waals surface area contributed by atoms with Gasteiger partial charge < -0.3 is 26.4 Å². The fraction of sp³-hybridized carbons (Fsp3) is 0.290. The number of amides is 2. The third-order valence-electron chi connectivity index (χ3n) is 6.90. The van der Waals surface area contributed by atoms with Crippen LogP contribution in [0.15, 0.2) is 72.0 Å². The highest BCUT2D eigenvalue weighted by molar-refractivity contribution is 6.09. The molecular formula is C31H36N6O3. The molecular weight excluding hydrogens is 504 g/mol. The summed E-state index contributed by atoms with van der Waals surface area (Å²) in [7, 11) is 1.71. The third-order valence-corrected chi connectivity index (χ3v) is 6.90. The predicted octanol–water partition coefficient (Wildman–Crippen LogP) is 4.88. The molecule has 0 atom stereocenters. The number of aliphatic imine (C=N–C) groups is 1. The van der Waals surface area contributed by atoms with E-state index in [1.54, 1.807) is 37.7 Å². The summed E-state index contributed by atoms with van der Waals surface area (Å²) in [5.74, 6) is 0.352. The Bertz CT molecular complexity index is 1390. The number of hydrogen-bond donors (Lipinski definition) is 4. The van der Waals surface area contributed by atoms with Crippen molar-refractivity contribution < 1.29 is 14.7 Å². The lowest BCUT2D eigenvalue weighted by atomic mass is 9.88. The molecule has 9 nitrogen and oxygen atoms in total. The lowest BCUT2D eigenvalue weighted by Gasteiger charge is -2.32. The number of likely N-dealkylation sites (tertiary alicyclic amines) is 1. The predicted molar refractivity (Wildman–Crippen MR) is 160 cm³/mol. The maximum absolute atomic E-state index is 13.3. The van der Waals surface area contributed by atoms with Crippen molar-refractivity contribution in [3.05, 3.63) is 89.2 Å². The summed E-state index contributed by atoms with van der Waals surface area (Å²) < 4.78 is 0. The van der Waals surface area contributed by atoms with Crippen molar-refractivity contribution in [2.75, 3.05) is 30.8 Å². The number of anilines is 2. The Labute approximate surface area is 234 Å². The summed E-state index contributed by atoms with van der Waals surface area (Å²) >= 11 is 0. The Morgan fingerprint density at radius 1 is 1.05 bits per heavy atom. The van der Waals surface area contributed by atoms with Crippen LogP contribution in [0.3, 0.4) is 0 Å². The number of carbonyl (C=O) groups is 2. The lowest BCUT2D eigenvalue weighted by molar-refractivity contribution is 0.0712. The van der Waals surface area contributed by atoms with E-state index in [2.05, 4.69) is 32.7 Å². The average molecular weight is 541 g/mol. The van der Waals surface area contributed by atoms with E-state index >= 15 is 0 Å². The molecule has 1 aromatic heterocycles. The van der Waals surface area contributed by atoms with Crippen LogP contribution in [-0.2, 0) is 0 Å². The van der Waals surface area contributed by atoms with Gasteiger partial charge in [-0.1, -0.05) is 24.3 Å². The fourth-order valence-corrected chi connectivity index (χ4v) is 4.77. The molecule has 0 radical (unpaired) electrons. The molecule has 4 rings (SSSR count). The first-order valence-corrected chi connectivity index (χ1v) is 13.4. The number of carbonyl (C=O) groups excluding carboxylic acids is 2. The summed E-state index contributed by atoms with van der Waals surface area (Å²) in [4.78, 5) is 36.2. The molecule has 1 aliphatic rings. The molecule has 208 valence electrons. The minimum atomic E-state index is -0.425. The molecule has 40 heavy (non-hydrogen) atoms. The molecule has 0 spiro atoms. The van der Waals surface area contributed by atoms with E-state index in [1.807, 2.05) is 30.9 Å². The van der Waals surface area contributed by atoms with Gasteiger partial charge in [-0.05, 0) is 74.1 Å². The number of aromatic hydroxyl groups is 1. The molecule has 5 N–H and O–H groups in total. The van der Waals surface area contributed by atoms with E-state index in [4.69, 9.17) is 5.73 Å². The molecule has 0 aliphatic carbocycles. The summed E-state index contributed by atoms with van der Waals surface area (Å²) in [5.41, 5.74) is 9.76. The van der Waals surface area contributed by atoms with Crippen LogP contribution < -0.4 is 16.4 Å². The molecule has 1 aliphatic heterocycles. The van der Waals surface area contributed by atoms with Gasteiger partial charge in [-0.15, -0.1) is 0 Å². The minimum absolute atomic E-state index is 0.115. The Balaban J connectivity index is 1.37. The van der Waals surface area contributed by atoms with E-state index in [0.29, 0.717) is 36.0 Å². The van der Waals surface area contributed by atoms with Crippen LogP contribution in [-0.4, -0.2) is 59.2 Å². The normalized spacial score (nSPS) is 14.5. The topological polar surface area (TPSA) is 133 Å². The van der Waals surface area contributed by atoms with Crippen molar-refractivity contribution >= 4 is 35.1 Å². The number of nitrogens with zero attached hydrogens (tertiary/aromatic N) is 3. The number of phenols is 1. The molecule has 2 aromatic carbocycles. The van der Waals surface area contributed by atoms with Gasteiger partial charge in [-0.3, -0.25) is 14.6 Å². The Kier molecular flexibility index (Phi) is 9.16. The van der Waals surface area contributed by atoms with Crippen LogP contribution in [0.2, 0.25) is 0 Å². The summed E-state index contributed by atoms with van der Waals surface area (Å²) in [5, 5.41) is 16.2. The zero-order valence-corrected chi connectivity index (χ0v) is 23.1. The van der Waals surface area contributed by atoms with Crippen LogP contribution in [0.4, 0.5) is 11.5 Å². The highest BCUT2D eigenvalue weighted by Crippen LogP contribution is 2.31. The van der Waals surface area contributed by atoms with Gasteiger partial charge in [0.2, 0.25) is 0 Å². The number of nitrogens with two attached hydrogens (primary N) is 1. The second-order valence-corrected chi connectivity index (χ2v) is 10.1. The smallest absolute Gasteiger partial charge is 0.257 e. The number of rotatable bonds is 8. The van der Waals surface area contributed by atoms with Crippen molar-refractivity contribution in [1.29, 1.82) is 0 Å². The summed E-state index contributed by atoms with van der Waals surface area (Å²) in [6.07, 6.45) is 6.44. The summed E-state index contributed by atoms with van der Waals surface area (Å²) in [6.45, 7) is 5.24. The fourth-order valence-electron chi connectivity index (χ4n) is 4.77. The van der Waals surface area contributed by atoms with E-state index in [9.17, 15) is 14.7 Å². The van der Waals surface area contributed by atoms with E-state index in [1.165, 1.54) is 23.9 Å². The quantitative estimate of drug-likeness (QED) is 0.238. The first-order valence-electron chi connectivity index (χ1n) is 13.4. The number of nitrogens with one attached hydrogen (secondary N) is 2. The van der Waals surface area contributed by atoms with Gasteiger partial charge in [0.15, 0.2) is 0 Å². The monoisotopic (exact) mass is 540 g/mol. The average Bonchev–Trinajstić information content (AvgIpc) is 2.97. The van der Waals surface area contributed by atoms with Gasteiger partial charge in [0, 0.05) is 55.9 Å². The number of piperidine rings is 1. The van der Waals surface area contributed by atoms with Gasteiger partial charge >= 0.3 is 0 Å². The summed E-state index contributed by atoms with van der Waals surface area (Å²) in [6, 6.07) is 16.4. The first kappa shape index (κ1) is 28.4. The van der Waals surface area contributed by atoms with Crippen LogP contribution in [0.1, 0.15) is 64.4 Å². The molecule has 3 aromatic rings. The van der Waals surface area contributed by atoms with Crippen LogP contribution in [0.25, 0.3) is 5.57 Å². The minimum Gasteiger partial charge on any atom is -0.506 e. The number of pyridine rings is 1. The number of phenolic OH excluding ortho intramolecular Hbond substituents is 1. The Hall–Kier alpha value is -4.66. The van der Waals surface area contributed by atoms with E-state index in [0.717, 1.165) is 24.0 Å². The largest absolute Gasteiger partial charge is 0.506 e. The van der Waals surface area contributed by atoms with Gasteiger partial charge in [0.1, 0.15) is 11.6 Å². The maximum Gasteiger partial charge on any atom is 0.257 e. The molecule has 0 unspecified atom stereocenters. The molecule has 1 fully saturated rings. The zero-order valence-electron chi connectivity index (χ0n) is 23.1. The van der Waals surface area contributed by atoms with Gasteiger partial charge in [-0.2, -0.15) is 0 Å². The van der Waals surface area contributed by atoms with Crippen LogP contribution >= 0.6 is 0 Å². The number of benzene rings is 2. The van der Waals surface area contributed by atoms with Crippen molar-refractivity contribution in [3.8, 4) is 5.75 Å². The van der Waals surface area contributed by atoms with Gasteiger partial charge in [0.25, 0.3) is 11.8 Å². The number of allylic oxidation sites excluding steroid dienone is 1. The molecule has 0 bridgehead atoms. The van der Waals surface area contributed by atoms with E-state index in [-0.39, 0.29) is 23.4 Å². The first-order chi connectivity index (χ1) is 19.3. The Morgan fingerprint density at radius 2 is 1.73 bits per heavy atom. The number of hydrogen-bond acceptors (Lipinski definition) is 7. The van der Waals surface area contributed by atoms with Crippen molar-refractivity contribution in [1.82, 2.24) is 9.88 Å². The second-order valence-electron chi connectivity index (χ2n) is 10.1. The van der Waals surface area contributed by atoms with Gasteiger partial charge in [-0.25, -0.2) is 4.98 Å². The zero-order chi connectivity index (χ0) is 28.6. The van der Waals surface area contributed by atoms with Crippen molar-refractivity contribution in [2.24, 2.45) is 10.7 Å². The Morgan fingerprint density at radius 3 is 2.33 bits per heavy atom. The number of aromatic nitrogens is 1. The van der Waals surface area contributed by atoms with Crippen LogP contribution in [0.5, 0.6) is 5.75 Å². The lowest BCUT2D eigenvalue weighted by Crippen LogP contribution is -2.38. The molecule has 2 amide bonds. The SMILES string of the molecule is CN=CC(=CN)c1ccc(C2CCN(C(=O)c3ccc(O)c(NC(=O)c4ccc(NC(C)C)nc4)c3)CC2)cc1. The standard InChI is InChI=1S/C31H36N6O3/c1-20(2)35-29-11-9-25(19-34-29)30(39)36-27-16-24(8-10-28(27)38)31(40)37-14-12-23(13-15-37)21-4-6-22(7-5-21)26(17-32)18-33-3/h4-11,16-20,23,38H,12-15,32H2,1-3H3,(H,34,35)(H,36,39). The second kappa shape index (κ2) is 12.9. The maximum atomic E-state index is 13.3.